The fourth-order valence-corrected chi connectivity index (χ4v) is 2.91. The molecule has 1 aromatic rings. The third-order valence-corrected chi connectivity index (χ3v) is 4.31. The van der Waals surface area contributed by atoms with E-state index in [0.29, 0.717) is 6.04 Å². The minimum Gasteiger partial charge on any atom is -0.356 e. The quantitative estimate of drug-likeness (QED) is 0.224. The molecule has 6 heteroatoms. The molecule has 1 aliphatic heterocycles. The van der Waals surface area contributed by atoms with Crippen LogP contribution in [-0.4, -0.2) is 43.6 Å². The molecule has 2 N–H and O–H groups in total. The number of allylic oxidation sites excluding steroid dienone is 1. The summed E-state index contributed by atoms with van der Waals surface area (Å²) < 4.78 is 13.0. The van der Waals surface area contributed by atoms with Crippen LogP contribution in [0.5, 0.6) is 0 Å². The number of rotatable bonds is 6. The first-order chi connectivity index (χ1) is 11.7. The molecule has 0 spiro atoms. The summed E-state index contributed by atoms with van der Waals surface area (Å²) in [4.78, 5) is 6.72. The molecule has 2 rings (SSSR count). The van der Waals surface area contributed by atoms with Crippen molar-refractivity contribution in [1.29, 1.82) is 0 Å². The molecule has 1 heterocycles. The average molecular weight is 460 g/mol. The smallest absolute Gasteiger partial charge is 0.191 e. The second-order valence-corrected chi connectivity index (χ2v) is 6.18. The van der Waals surface area contributed by atoms with E-state index in [1.165, 1.54) is 17.7 Å². The van der Waals surface area contributed by atoms with Gasteiger partial charge >= 0.3 is 0 Å². The SMILES string of the molecule is CC=CCCNC(=NC)NC1CCN(Cc2ccc(F)cc2)CC1.I. The molecule has 0 aliphatic carbocycles. The van der Waals surface area contributed by atoms with E-state index in [4.69, 9.17) is 0 Å². The van der Waals surface area contributed by atoms with Crippen molar-refractivity contribution >= 4 is 29.9 Å². The van der Waals surface area contributed by atoms with Crippen LogP contribution >= 0.6 is 24.0 Å². The summed E-state index contributed by atoms with van der Waals surface area (Å²) in [5, 5.41) is 6.86. The number of hydrogen-bond donors (Lipinski definition) is 2. The Balaban J connectivity index is 0.00000312. The molecule has 0 aromatic heterocycles. The number of hydrogen-bond acceptors (Lipinski definition) is 2. The van der Waals surface area contributed by atoms with Crippen molar-refractivity contribution < 1.29 is 4.39 Å². The highest BCUT2D eigenvalue weighted by molar-refractivity contribution is 14.0. The van der Waals surface area contributed by atoms with E-state index >= 15 is 0 Å². The lowest BCUT2D eigenvalue weighted by molar-refractivity contribution is 0.198. The third-order valence-electron chi connectivity index (χ3n) is 4.31. The van der Waals surface area contributed by atoms with Gasteiger partial charge in [-0.1, -0.05) is 24.3 Å². The topological polar surface area (TPSA) is 39.7 Å². The van der Waals surface area contributed by atoms with Gasteiger partial charge in [0, 0.05) is 39.3 Å². The van der Waals surface area contributed by atoms with E-state index < -0.39 is 0 Å². The van der Waals surface area contributed by atoms with Crippen LogP contribution in [0.15, 0.2) is 41.4 Å². The Hall–Kier alpha value is -1.15. The number of aliphatic imine (C=N–C) groups is 1. The van der Waals surface area contributed by atoms with Gasteiger partial charge in [-0.15, -0.1) is 24.0 Å². The van der Waals surface area contributed by atoms with Crippen LogP contribution in [0.2, 0.25) is 0 Å². The first-order valence-electron chi connectivity index (χ1n) is 8.76. The molecule has 0 amide bonds. The standard InChI is InChI=1S/C19H29FN4.HI/c1-3-4-5-12-22-19(21-2)23-18-10-13-24(14-11-18)15-16-6-8-17(20)9-7-16;/h3-4,6-9,18H,5,10-15H2,1-2H3,(H2,21,22,23);1H. The molecular formula is C19H30FIN4. The molecule has 25 heavy (non-hydrogen) atoms. The summed E-state index contributed by atoms with van der Waals surface area (Å²) in [5.41, 5.74) is 1.17. The number of likely N-dealkylation sites (tertiary alicyclic amines) is 1. The van der Waals surface area contributed by atoms with Gasteiger partial charge in [0.05, 0.1) is 0 Å². The minimum absolute atomic E-state index is 0. The Bertz CT molecular complexity index is 537. The molecule has 0 radical (unpaired) electrons. The van der Waals surface area contributed by atoms with Crippen LogP contribution in [0, 0.1) is 5.82 Å². The fourth-order valence-electron chi connectivity index (χ4n) is 2.91. The van der Waals surface area contributed by atoms with E-state index in [1.807, 2.05) is 26.1 Å². The monoisotopic (exact) mass is 460 g/mol. The van der Waals surface area contributed by atoms with Gasteiger partial charge in [-0.25, -0.2) is 4.39 Å². The predicted molar refractivity (Wildman–Crippen MR) is 114 cm³/mol. The Morgan fingerprint density at radius 3 is 2.56 bits per heavy atom. The Labute approximate surface area is 168 Å². The van der Waals surface area contributed by atoms with Gasteiger partial charge < -0.3 is 10.6 Å². The molecule has 1 aliphatic rings. The van der Waals surface area contributed by atoms with Crippen LogP contribution < -0.4 is 10.6 Å². The third kappa shape index (κ3) is 8.18. The first kappa shape index (κ1) is 21.9. The molecule has 1 saturated heterocycles. The maximum atomic E-state index is 13.0. The summed E-state index contributed by atoms with van der Waals surface area (Å²) in [6.45, 7) is 5.92. The average Bonchev–Trinajstić information content (AvgIpc) is 2.61. The molecule has 0 atom stereocenters. The summed E-state index contributed by atoms with van der Waals surface area (Å²) in [5.74, 6) is 0.714. The van der Waals surface area contributed by atoms with Crippen molar-refractivity contribution in [1.82, 2.24) is 15.5 Å². The van der Waals surface area contributed by atoms with Gasteiger partial charge in [-0.2, -0.15) is 0 Å². The largest absolute Gasteiger partial charge is 0.356 e. The number of piperidine rings is 1. The zero-order valence-corrected chi connectivity index (χ0v) is 17.5. The van der Waals surface area contributed by atoms with E-state index in [1.54, 1.807) is 0 Å². The fraction of sp³-hybridized carbons (Fsp3) is 0.526. The molecule has 4 nitrogen and oxygen atoms in total. The summed E-state index contributed by atoms with van der Waals surface area (Å²) in [6.07, 6.45) is 7.41. The highest BCUT2D eigenvalue weighted by atomic mass is 127. The maximum absolute atomic E-state index is 13.0. The second kappa shape index (κ2) is 12.2. The Morgan fingerprint density at radius 1 is 1.28 bits per heavy atom. The zero-order chi connectivity index (χ0) is 17.2. The summed E-state index contributed by atoms with van der Waals surface area (Å²) >= 11 is 0. The minimum atomic E-state index is -0.171. The molecule has 140 valence electrons. The van der Waals surface area contributed by atoms with E-state index in [-0.39, 0.29) is 29.8 Å². The maximum Gasteiger partial charge on any atom is 0.191 e. The lowest BCUT2D eigenvalue weighted by Crippen LogP contribution is -2.48. The zero-order valence-electron chi connectivity index (χ0n) is 15.2. The van der Waals surface area contributed by atoms with Gasteiger partial charge in [0.25, 0.3) is 0 Å². The van der Waals surface area contributed by atoms with Gasteiger partial charge in [0.2, 0.25) is 0 Å². The van der Waals surface area contributed by atoms with Crippen molar-refractivity contribution in [3.8, 4) is 0 Å². The number of nitrogens with one attached hydrogen (secondary N) is 2. The lowest BCUT2D eigenvalue weighted by Gasteiger charge is -2.33. The van der Waals surface area contributed by atoms with Crippen molar-refractivity contribution in [2.75, 3.05) is 26.7 Å². The number of benzene rings is 1. The van der Waals surface area contributed by atoms with E-state index in [0.717, 1.165) is 51.4 Å². The molecule has 1 fully saturated rings. The first-order valence-corrected chi connectivity index (χ1v) is 8.76. The molecular weight excluding hydrogens is 430 g/mol. The highest BCUT2D eigenvalue weighted by Crippen LogP contribution is 2.14. The molecule has 1 aromatic carbocycles. The lowest BCUT2D eigenvalue weighted by atomic mass is 10.0. The van der Waals surface area contributed by atoms with E-state index in [2.05, 4.69) is 32.7 Å². The van der Waals surface area contributed by atoms with Crippen molar-refractivity contribution in [2.24, 2.45) is 4.99 Å². The van der Waals surface area contributed by atoms with Crippen molar-refractivity contribution in [2.45, 2.75) is 38.8 Å². The normalized spacial score (nSPS) is 16.7. The van der Waals surface area contributed by atoms with Crippen LogP contribution in [-0.2, 0) is 6.54 Å². The highest BCUT2D eigenvalue weighted by Gasteiger charge is 2.19. The van der Waals surface area contributed by atoms with Crippen LogP contribution in [0.3, 0.4) is 0 Å². The van der Waals surface area contributed by atoms with Crippen molar-refractivity contribution in [3.05, 3.63) is 47.8 Å². The summed E-state index contributed by atoms with van der Waals surface area (Å²) in [6, 6.07) is 7.27. The van der Waals surface area contributed by atoms with Crippen LogP contribution in [0.1, 0.15) is 31.7 Å². The Kier molecular flexibility index (Phi) is 10.7. The molecule has 0 saturated carbocycles. The van der Waals surface area contributed by atoms with Gasteiger partial charge in [0.15, 0.2) is 5.96 Å². The Morgan fingerprint density at radius 2 is 1.96 bits per heavy atom. The predicted octanol–water partition coefficient (Wildman–Crippen LogP) is 3.54. The van der Waals surface area contributed by atoms with Crippen LogP contribution in [0.25, 0.3) is 0 Å². The second-order valence-electron chi connectivity index (χ2n) is 6.18. The van der Waals surface area contributed by atoms with Crippen LogP contribution in [0.4, 0.5) is 4.39 Å². The summed E-state index contributed by atoms with van der Waals surface area (Å²) in [7, 11) is 1.81. The van der Waals surface area contributed by atoms with Crippen molar-refractivity contribution in [3.63, 3.8) is 0 Å². The van der Waals surface area contributed by atoms with Gasteiger partial charge in [-0.05, 0) is 43.9 Å². The van der Waals surface area contributed by atoms with Gasteiger partial charge in [0.1, 0.15) is 5.82 Å². The molecule has 0 unspecified atom stereocenters. The number of halogens is 2. The number of nitrogens with zero attached hydrogens (tertiary/aromatic N) is 2. The van der Waals surface area contributed by atoms with E-state index in [9.17, 15) is 4.39 Å². The number of guanidine groups is 1. The van der Waals surface area contributed by atoms with Gasteiger partial charge in [-0.3, -0.25) is 9.89 Å². The molecule has 0 bridgehead atoms.